The van der Waals surface area contributed by atoms with Gasteiger partial charge in [0.2, 0.25) is 5.91 Å². The van der Waals surface area contributed by atoms with Crippen molar-refractivity contribution in [3.63, 3.8) is 0 Å². The van der Waals surface area contributed by atoms with Crippen molar-refractivity contribution in [1.82, 2.24) is 14.7 Å². The van der Waals surface area contributed by atoms with Crippen LogP contribution in [0.2, 0.25) is 0 Å². The molecule has 1 heterocycles. The second-order valence-corrected chi connectivity index (χ2v) is 7.95. The summed E-state index contributed by atoms with van der Waals surface area (Å²) < 4.78 is 13.2. The molecule has 0 N–H and O–H groups in total. The average Bonchev–Trinajstić information content (AvgIpc) is 2.98. The predicted octanol–water partition coefficient (Wildman–Crippen LogP) is 3.42. The first-order valence-electron chi connectivity index (χ1n) is 10.4. The fourth-order valence-corrected chi connectivity index (χ4v) is 3.77. The summed E-state index contributed by atoms with van der Waals surface area (Å²) in [5.41, 5.74) is 2.81. The summed E-state index contributed by atoms with van der Waals surface area (Å²) in [6, 6.07) is 16.1. The lowest BCUT2D eigenvalue weighted by Gasteiger charge is -2.28. The predicted molar refractivity (Wildman–Crippen MR) is 115 cm³/mol. The topological polar surface area (TPSA) is 50.6 Å². The van der Waals surface area contributed by atoms with E-state index in [-0.39, 0.29) is 17.8 Å². The lowest BCUT2D eigenvalue weighted by molar-refractivity contribution is -0.133. The average molecular weight is 409 g/mol. The minimum Gasteiger partial charge on any atom is -0.338 e. The van der Waals surface area contributed by atoms with Crippen molar-refractivity contribution in [2.45, 2.75) is 25.9 Å². The zero-order valence-corrected chi connectivity index (χ0v) is 17.7. The van der Waals surface area contributed by atoms with Crippen molar-refractivity contribution in [1.29, 1.82) is 5.26 Å². The van der Waals surface area contributed by atoms with Crippen LogP contribution in [0.3, 0.4) is 0 Å². The number of carbonyl (C=O) groups excluding carboxylic acids is 1. The molecule has 30 heavy (non-hydrogen) atoms. The molecule has 1 aliphatic heterocycles. The Morgan fingerprint density at radius 3 is 2.37 bits per heavy atom. The molecule has 3 rings (SSSR count). The van der Waals surface area contributed by atoms with Gasteiger partial charge in [0.25, 0.3) is 0 Å². The van der Waals surface area contributed by atoms with E-state index < -0.39 is 0 Å². The second kappa shape index (κ2) is 10.3. The first-order chi connectivity index (χ1) is 14.5. The Morgan fingerprint density at radius 2 is 1.70 bits per heavy atom. The highest BCUT2D eigenvalue weighted by Crippen LogP contribution is 2.19. The van der Waals surface area contributed by atoms with Gasteiger partial charge >= 0.3 is 0 Å². The van der Waals surface area contributed by atoms with E-state index in [4.69, 9.17) is 5.26 Å². The molecule has 1 unspecified atom stereocenters. The number of halogens is 1. The van der Waals surface area contributed by atoms with Gasteiger partial charge in [0, 0.05) is 26.7 Å². The number of carbonyl (C=O) groups is 1. The molecule has 1 aliphatic rings. The van der Waals surface area contributed by atoms with Gasteiger partial charge in [-0.25, -0.2) is 4.39 Å². The van der Waals surface area contributed by atoms with E-state index in [1.165, 1.54) is 17.7 Å². The molecule has 0 aromatic heterocycles. The second-order valence-electron chi connectivity index (χ2n) is 7.95. The number of amides is 1. The van der Waals surface area contributed by atoms with Gasteiger partial charge < -0.3 is 4.90 Å². The van der Waals surface area contributed by atoms with Gasteiger partial charge in [-0.1, -0.05) is 24.3 Å². The van der Waals surface area contributed by atoms with Crippen LogP contribution in [0.15, 0.2) is 48.5 Å². The quantitative estimate of drug-likeness (QED) is 0.735. The van der Waals surface area contributed by atoms with Crippen LogP contribution in [0.25, 0.3) is 0 Å². The van der Waals surface area contributed by atoms with Crippen molar-refractivity contribution < 1.29 is 9.18 Å². The maximum atomic E-state index is 13.2. The van der Waals surface area contributed by atoms with E-state index in [2.05, 4.69) is 15.9 Å². The fraction of sp³-hybridized carbons (Fsp3) is 0.417. The number of benzene rings is 2. The summed E-state index contributed by atoms with van der Waals surface area (Å²) in [5, 5.41) is 8.93. The molecule has 1 saturated heterocycles. The number of nitriles is 1. The number of hydrogen-bond donors (Lipinski definition) is 0. The standard InChI is InChI=1S/C24H29FN4O/c1-19(22-8-10-23(25)11-9-22)27(2)24(30)18-29-13-3-12-28(14-15-29)17-21-6-4-20(16-26)5-7-21/h4-11,19H,3,12-15,17-18H2,1-2H3. The summed E-state index contributed by atoms with van der Waals surface area (Å²) in [5.74, 6) is -0.192. The monoisotopic (exact) mass is 408 g/mol. The van der Waals surface area contributed by atoms with Crippen LogP contribution in [0, 0.1) is 17.1 Å². The molecule has 0 radical (unpaired) electrons. The largest absolute Gasteiger partial charge is 0.338 e. The van der Waals surface area contributed by atoms with Crippen molar-refractivity contribution in [2.75, 3.05) is 39.8 Å². The highest BCUT2D eigenvalue weighted by atomic mass is 19.1. The molecule has 6 heteroatoms. The molecular formula is C24H29FN4O. The molecule has 1 fully saturated rings. The molecule has 158 valence electrons. The number of likely N-dealkylation sites (N-methyl/N-ethyl adjacent to an activating group) is 1. The Kier molecular flexibility index (Phi) is 7.56. The third kappa shape index (κ3) is 5.88. The van der Waals surface area contributed by atoms with Crippen LogP contribution in [-0.4, -0.2) is 60.4 Å². The minimum atomic E-state index is -0.268. The van der Waals surface area contributed by atoms with Crippen LogP contribution < -0.4 is 0 Å². The smallest absolute Gasteiger partial charge is 0.236 e. The summed E-state index contributed by atoms with van der Waals surface area (Å²) in [6.45, 7) is 6.86. The minimum absolute atomic E-state index is 0.0763. The molecule has 2 aromatic carbocycles. The summed E-state index contributed by atoms with van der Waals surface area (Å²) >= 11 is 0. The molecule has 0 aliphatic carbocycles. The Balaban J connectivity index is 1.50. The molecule has 0 spiro atoms. The molecule has 1 amide bonds. The van der Waals surface area contributed by atoms with Crippen LogP contribution in [0.4, 0.5) is 4.39 Å². The Hall–Kier alpha value is -2.75. The third-order valence-corrected chi connectivity index (χ3v) is 5.86. The highest BCUT2D eigenvalue weighted by molar-refractivity contribution is 5.78. The lowest BCUT2D eigenvalue weighted by atomic mass is 10.1. The molecule has 5 nitrogen and oxygen atoms in total. The van der Waals surface area contributed by atoms with Crippen LogP contribution in [0.5, 0.6) is 0 Å². The first kappa shape index (κ1) is 21.9. The van der Waals surface area contributed by atoms with Gasteiger partial charge in [-0.05, 0) is 61.8 Å². The van der Waals surface area contributed by atoms with Crippen molar-refractivity contribution in [3.8, 4) is 6.07 Å². The zero-order valence-electron chi connectivity index (χ0n) is 17.7. The summed E-state index contributed by atoms with van der Waals surface area (Å²) in [7, 11) is 1.81. The molecular weight excluding hydrogens is 379 g/mol. The van der Waals surface area contributed by atoms with Crippen molar-refractivity contribution in [2.24, 2.45) is 0 Å². The Labute approximate surface area is 178 Å². The maximum Gasteiger partial charge on any atom is 0.236 e. The summed E-state index contributed by atoms with van der Waals surface area (Å²) in [4.78, 5) is 19.2. The van der Waals surface area contributed by atoms with E-state index in [9.17, 15) is 9.18 Å². The van der Waals surface area contributed by atoms with Gasteiger partial charge in [-0.3, -0.25) is 14.6 Å². The highest BCUT2D eigenvalue weighted by Gasteiger charge is 2.22. The molecule has 2 aromatic rings. The van der Waals surface area contributed by atoms with Crippen LogP contribution >= 0.6 is 0 Å². The van der Waals surface area contributed by atoms with Crippen molar-refractivity contribution >= 4 is 5.91 Å². The molecule has 0 bridgehead atoms. The van der Waals surface area contributed by atoms with E-state index in [1.807, 2.05) is 38.2 Å². The fourth-order valence-electron chi connectivity index (χ4n) is 3.77. The van der Waals surface area contributed by atoms with E-state index in [0.29, 0.717) is 12.1 Å². The molecule has 1 atom stereocenters. The van der Waals surface area contributed by atoms with Gasteiger partial charge in [0.15, 0.2) is 0 Å². The van der Waals surface area contributed by atoms with Crippen molar-refractivity contribution in [3.05, 3.63) is 71.0 Å². The number of hydrogen-bond acceptors (Lipinski definition) is 4. The van der Waals surface area contributed by atoms with E-state index in [0.717, 1.165) is 44.7 Å². The van der Waals surface area contributed by atoms with Gasteiger partial charge in [-0.15, -0.1) is 0 Å². The van der Waals surface area contributed by atoms with Crippen LogP contribution in [0.1, 0.15) is 36.1 Å². The third-order valence-electron chi connectivity index (χ3n) is 5.86. The van der Waals surface area contributed by atoms with Crippen LogP contribution in [-0.2, 0) is 11.3 Å². The zero-order chi connectivity index (χ0) is 21.5. The lowest BCUT2D eigenvalue weighted by Crippen LogP contribution is -2.41. The Morgan fingerprint density at radius 1 is 1.07 bits per heavy atom. The SMILES string of the molecule is CC(c1ccc(F)cc1)N(C)C(=O)CN1CCCN(Cc2ccc(C#N)cc2)CC1. The number of rotatable bonds is 6. The Bertz CT molecular complexity index is 876. The first-order valence-corrected chi connectivity index (χ1v) is 10.4. The molecule has 0 saturated carbocycles. The normalized spacial score (nSPS) is 16.5. The van der Waals surface area contributed by atoms with Gasteiger partial charge in [0.1, 0.15) is 5.82 Å². The number of nitrogens with zero attached hydrogens (tertiary/aromatic N) is 4. The van der Waals surface area contributed by atoms with Gasteiger partial charge in [-0.2, -0.15) is 5.26 Å². The summed E-state index contributed by atoms with van der Waals surface area (Å²) in [6.07, 6.45) is 1.01. The van der Waals surface area contributed by atoms with Gasteiger partial charge in [0.05, 0.1) is 24.2 Å². The maximum absolute atomic E-state index is 13.2. The van der Waals surface area contributed by atoms with E-state index in [1.54, 1.807) is 17.0 Å². The van der Waals surface area contributed by atoms with E-state index >= 15 is 0 Å².